The van der Waals surface area contributed by atoms with E-state index in [2.05, 4.69) is 47.8 Å². The summed E-state index contributed by atoms with van der Waals surface area (Å²) in [6.45, 7) is 0.878. The van der Waals surface area contributed by atoms with Crippen molar-refractivity contribution in [3.05, 3.63) is 72.3 Å². The summed E-state index contributed by atoms with van der Waals surface area (Å²) in [5.41, 5.74) is 5.50. The zero-order valence-electron chi connectivity index (χ0n) is 24.3. The van der Waals surface area contributed by atoms with E-state index < -0.39 is 22.5 Å². The first-order valence-electron chi connectivity index (χ1n) is 14.1. The molecule has 0 aliphatic rings. The van der Waals surface area contributed by atoms with Crippen molar-refractivity contribution in [2.24, 2.45) is 0 Å². The van der Waals surface area contributed by atoms with Crippen molar-refractivity contribution in [3.8, 4) is 33.8 Å². The molecule has 3 aromatic carbocycles. The van der Waals surface area contributed by atoms with E-state index in [9.17, 15) is 13.2 Å². The Balaban J connectivity index is 1.46. The second kappa shape index (κ2) is 17.4. The minimum Gasteiger partial charge on any atom is -0.497 e. The lowest BCUT2D eigenvalue weighted by Crippen LogP contribution is -2.28. The van der Waals surface area contributed by atoms with Gasteiger partial charge in [0.25, 0.3) is 0 Å². The number of benzene rings is 3. The number of carbonyl (C=O) groups is 1. The van der Waals surface area contributed by atoms with Crippen LogP contribution in [0.3, 0.4) is 0 Å². The molecule has 0 heterocycles. The van der Waals surface area contributed by atoms with Gasteiger partial charge in [0.15, 0.2) is 9.84 Å². The fourth-order valence-corrected chi connectivity index (χ4v) is 5.26. The zero-order valence-corrected chi connectivity index (χ0v) is 25.2. The van der Waals surface area contributed by atoms with E-state index in [1.165, 1.54) is 0 Å². The fourth-order valence-electron chi connectivity index (χ4n) is 4.44. The molecule has 0 bridgehead atoms. The van der Waals surface area contributed by atoms with Crippen molar-refractivity contribution in [1.82, 2.24) is 5.32 Å². The van der Waals surface area contributed by atoms with Crippen LogP contribution in [0.5, 0.6) is 11.5 Å². The third kappa shape index (κ3) is 10.7. The lowest BCUT2D eigenvalue weighted by Gasteiger charge is -2.17. The molecule has 10 heteroatoms. The molecule has 0 saturated carbocycles. The largest absolute Gasteiger partial charge is 0.497 e. The molecule has 0 radical (unpaired) electrons. The van der Waals surface area contributed by atoms with E-state index in [-0.39, 0.29) is 18.1 Å². The molecule has 3 rings (SSSR count). The lowest BCUT2D eigenvalue weighted by molar-refractivity contribution is 0.117. The molecule has 0 spiro atoms. The summed E-state index contributed by atoms with van der Waals surface area (Å²) in [7, 11) is -0.0827. The van der Waals surface area contributed by atoms with E-state index in [1.54, 1.807) is 14.2 Å². The molecule has 9 nitrogen and oxygen atoms in total. The molecule has 0 saturated heterocycles. The Morgan fingerprint density at radius 2 is 1.43 bits per heavy atom. The van der Waals surface area contributed by atoms with E-state index in [1.807, 2.05) is 24.3 Å². The van der Waals surface area contributed by atoms with Crippen molar-refractivity contribution >= 4 is 15.9 Å². The van der Waals surface area contributed by atoms with Gasteiger partial charge >= 0.3 is 6.09 Å². The highest BCUT2D eigenvalue weighted by Crippen LogP contribution is 2.36. The number of rotatable bonds is 18. The highest BCUT2D eigenvalue weighted by molar-refractivity contribution is 7.91. The van der Waals surface area contributed by atoms with Crippen LogP contribution in [0, 0.1) is 0 Å². The van der Waals surface area contributed by atoms with Gasteiger partial charge in [-0.1, -0.05) is 55.3 Å². The van der Waals surface area contributed by atoms with Crippen LogP contribution in [0.15, 0.2) is 66.7 Å². The maximum Gasteiger partial charge on any atom is 0.407 e. The summed E-state index contributed by atoms with van der Waals surface area (Å²) in [5.74, 6) is 0.980. The molecule has 1 amide bonds. The highest BCUT2D eigenvalue weighted by Gasteiger charge is 2.14. The first kappa shape index (κ1) is 32.9. The van der Waals surface area contributed by atoms with Gasteiger partial charge in [0, 0.05) is 13.2 Å². The second-order valence-electron chi connectivity index (χ2n) is 9.70. The van der Waals surface area contributed by atoms with Crippen LogP contribution in [0.4, 0.5) is 4.79 Å². The quantitative estimate of drug-likeness (QED) is 0.190. The van der Waals surface area contributed by atoms with Gasteiger partial charge in [-0.15, -0.1) is 0 Å². The zero-order chi connectivity index (χ0) is 30.2. The molecule has 0 aliphatic heterocycles. The Labute approximate surface area is 248 Å². The molecule has 0 aromatic heterocycles. The Morgan fingerprint density at radius 3 is 2.07 bits per heavy atom. The molecular formula is C32H41NO8S. The molecule has 0 fully saturated rings. The minimum atomic E-state index is -3.40. The predicted molar refractivity (Wildman–Crippen MR) is 164 cm³/mol. The van der Waals surface area contributed by atoms with Crippen LogP contribution >= 0.6 is 0 Å². The molecule has 228 valence electrons. The number of sulfone groups is 1. The number of hydrogen-bond donors (Lipinski definition) is 2. The molecule has 0 atom stereocenters. The summed E-state index contributed by atoms with van der Waals surface area (Å²) in [6.07, 6.45) is 2.90. The number of amides is 1. The molecule has 0 unspecified atom stereocenters. The summed E-state index contributed by atoms with van der Waals surface area (Å²) in [6, 6.07) is 22.4. The van der Waals surface area contributed by atoms with Crippen molar-refractivity contribution < 1.29 is 37.3 Å². The average Bonchev–Trinajstić information content (AvgIpc) is 3.00. The third-order valence-electron chi connectivity index (χ3n) is 6.70. The van der Waals surface area contributed by atoms with Gasteiger partial charge in [-0.3, -0.25) is 0 Å². The Hall–Kier alpha value is -3.60. The van der Waals surface area contributed by atoms with Gasteiger partial charge in [-0.25, -0.2) is 13.2 Å². The smallest absolute Gasteiger partial charge is 0.407 e. The minimum absolute atomic E-state index is 0.227. The number of alkyl carbamates (subject to hydrolysis) is 1. The first-order chi connectivity index (χ1) is 20.4. The number of ether oxygens (including phenoxy) is 4. The molecule has 3 aromatic rings. The Morgan fingerprint density at radius 1 is 0.786 bits per heavy atom. The summed E-state index contributed by atoms with van der Waals surface area (Å²) in [4.78, 5) is 11.7. The maximum absolute atomic E-state index is 11.7. The van der Waals surface area contributed by atoms with Gasteiger partial charge in [-0.05, 0) is 64.9 Å². The predicted octanol–water partition coefficient (Wildman–Crippen LogP) is 5.25. The monoisotopic (exact) mass is 599 g/mol. The number of nitrogens with one attached hydrogen (secondary N) is 1. The van der Waals surface area contributed by atoms with Crippen molar-refractivity contribution in [2.75, 3.05) is 52.1 Å². The first-order valence-corrected chi connectivity index (χ1v) is 15.9. The lowest BCUT2D eigenvalue weighted by atomic mass is 9.90. The van der Waals surface area contributed by atoms with Crippen molar-refractivity contribution in [1.29, 1.82) is 0 Å². The highest BCUT2D eigenvalue weighted by atomic mass is 32.2. The van der Waals surface area contributed by atoms with Crippen LogP contribution in [-0.4, -0.2) is 71.7 Å². The second-order valence-corrected chi connectivity index (χ2v) is 12.0. The molecule has 2 N–H and O–H groups in total. The average molecular weight is 600 g/mol. The van der Waals surface area contributed by atoms with Crippen LogP contribution < -0.4 is 14.8 Å². The van der Waals surface area contributed by atoms with Crippen LogP contribution in [0.1, 0.15) is 31.2 Å². The van der Waals surface area contributed by atoms with Gasteiger partial charge in [0.2, 0.25) is 0 Å². The molecule has 0 aliphatic carbocycles. The number of methoxy groups -OCH3 is 2. The van der Waals surface area contributed by atoms with E-state index in [0.29, 0.717) is 19.8 Å². The number of hydrogen-bond acceptors (Lipinski definition) is 8. The van der Waals surface area contributed by atoms with E-state index >= 15 is 0 Å². The maximum atomic E-state index is 11.7. The number of unbranched alkanes of at least 4 members (excludes halogenated alkanes) is 3. The third-order valence-corrected chi connectivity index (χ3v) is 8.30. The van der Waals surface area contributed by atoms with Crippen molar-refractivity contribution in [3.63, 3.8) is 0 Å². The van der Waals surface area contributed by atoms with Gasteiger partial charge in [-0.2, -0.15) is 0 Å². The summed E-state index contributed by atoms with van der Waals surface area (Å²) >= 11 is 0. The van der Waals surface area contributed by atoms with Gasteiger partial charge in [0.05, 0.1) is 38.9 Å². The number of aliphatic hydroxyl groups is 1. The van der Waals surface area contributed by atoms with Crippen LogP contribution in [0.25, 0.3) is 22.3 Å². The van der Waals surface area contributed by atoms with Crippen LogP contribution in [0.2, 0.25) is 0 Å². The standard InChI is InChI=1S/C32H41NO8S/c1-38-28-14-10-25(11-15-28)30-9-7-8-27(31(30)26-12-16-29(39-2)17-13-26)24-40-20-6-4-3-5-18-33-32(35)41-21-23-42(36,37)22-19-34/h7-17,34H,3-6,18-24H2,1-2H3,(H,33,35). The number of carbonyl (C=O) groups excluding carboxylic acids is 1. The number of aliphatic hydroxyl groups excluding tert-OH is 1. The van der Waals surface area contributed by atoms with Crippen molar-refractivity contribution in [2.45, 2.75) is 32.3 Å². The topological polar surface area (TPSA) is 120 Å². The normalized spacial score (nSPS) is 11.2. The van der Waals surface area contributed by atoms with E-state index in [4.69, 9.17) is 24.1 Å². The summed E-state index contributed by atoms with van der Waals surface area (Å²) in [5, 5.41) is 11.3. The molecule has 42 heavy (non-hydrogen) atoms. The van der Waals surface area contributed by atoms with Gasteiger partial charge < -0.3 is 29.4 Å². The Kier molecular flexibility index (Phi) is 13.6. The Bertz CT molecular complexity index is 1340. The molecular weight excluding hydrogens is 558 g/mol. The van der Waals surface area contributed by atoms with Gasteiger partial charge in [0.1, 0.15) is 18.1 Å². The fraction of sp³-hybridized carbons (Fsp3) is 0.406. The summed E-state index contributed by atoms with van der Waals surface area (Å²) < 4.78 is 44.7. The van der Waals surface area contributed by atoms with Crippen LogP contribution in [-0.2, 0) is 25.9 Å². The van der Waals surface area contributed by atoms with E-state index in [0.717, 1.165) is 65.0 Å². The SMILES string of the molecule is COc1ccc(-c2cccc(COCCCCCCNC(=O)OCCS(=O)(=O)CCO)c2-c2ccc(OC)cc2)cc1.